The number of aryl methyl sites for hydroxylation is 2. The van der Waals surface area contributed by atoms with E-state index in [-0.39, 0.29) is 6.61 Å². The van der Waals surface area contributed by atoms with Crippen LogP contribution in [0.4, 0.5) is 0 Å². The van der Waals surface area contributed by atoms with Crippen molar-refractivity contribution < 1.29 is 19.7 Å². The van der Waals surface area contributed by atoms with Crippen LogP contribution in [0.3, 0.4) is 0 Å². The second-order valence-electron chi connectivity index (χ2n) is 10.2. The fourth-order valence-corrected chi connectivity index (χ4v) is 5.15. The van der Waals surface area contributed by atoms with Crippen molar-refractivity contribution in [2.75, 3.05) is 45.9 Å². The van der Waals surface area contributed by atoms with E-state index < -0.39 is 11.7 Å². The van der Waals surface area contributed by atoms with Crippen molar-refractivity contribution in [3.63, 3.8) is 0 Å². The molecular weight excluding hydrogens is 464 g/mol. The number of rotatable bonds is 9. The summed E-state index contributed by atoms with van der Waals surface area (Å²) in [4.78, 5) is 4.64. The molecule has 2 aliphatic heterocycles. The van der Waals surface area contributed by atoms with Crippen molar-refractivity contribution in [1.82, 2.24) is 9.80 Å². The van der Waals surface area contributed by atoms with E-state index in [1.807, 2.05) is 38.1 Å². The highest BCUT2D eigenvalue weighted by atomic mass is 35.5. The van der Waals surface area contributed by atoms with Crippen molar-refractivity contribution >= 4 is 11.6 Å². The van der Waals surface area contributed by atoms with Gasteiger partial charge in [0.05, 0.1) is 6.10 Å². The summed E-state index contributed by atoms with van der Waals surface area (Å²) in [6, 6.07) is 11.9. The third kappa shape index (κ3) is 7.11. The molecule has 0 aliphatic carbocycles. The number of nitrogens with zero attached hydrogens (tertiary/aromatic N) is 2. The molecule has 0 unspecified atom stereocenters. The Morgan fingerprint density at radius 2 is 1.63 bits per heavy atom. The predicted octanol–water partition coefficient (Wildman–Crippen LogP) is 4.20. The third-order valence-electron chi connectivity index (χ3n) is 7.19. The molecule has 6 nitrogen and oxygen atoms in total. The zero-order valence-electron chi connectivity index (χ0n) is 21.0. The number of benzene rings is 2. The normalized spacial score (nSPS) is 23.9. The number of ether oxygens (including phenoxy) is 2. The molecule has 2 N–H and O–H groups in total. The number of halogens is 1. The molecule has 2 saturated heterocycles. The first-order valence-corrected chi connectivity index (χ1v) is 13.2. The van der Waals surface area contributed by atoms with Crippen molar-refractivity contribution in [3.8, 4) is 11.5 Å². The fraction of sp³-hybridized carbons (Fsp3) is 0.571. The van der Waals surface area contributed by atoms with Crippen LogP contribution in [0.25, 0.3) is 0 Å². The quantitative estimate of drug-likeness (QED) is 0.536. The molecule has 192 valence electrons. The Hall–Kier alpha value is -1.83. The van der Waals surface area contributed by atoms with Gasteiger partial charge in [-0.1, -0.05) is 30.2 Å². The molecular formula is C28H39ClN2O4. The van der Waals surface area contributed by atoms with E-state index in [0.29, 0.717) is 31.9 Å². The monoisotopic (exact) mass is 502 g/mol. The largest absolute Gasteiger partial charge is 0.492 e. The van der Waals surface area contributed by atoms with E-state index in [1.54, 1.807) is 0 Å². The van der Waals surface area contributed by atoms with Crippen LogP contribution < -0.4 is 9.47 Å². The zero-order valence-corrected chi connectivity index (χ0v) is 21.8. The summed E-state index contributed by atoms with van der Waals surface area (Å²) in [7, 11) is 0. The highest BCUT2D eigenvalue weighted by molar-refractivity contribution is 6.32. The number of aliphatic hydroxyl groups is 2. The Labute approximate surface area is 214 Å². The van der Waals surface area contributed by atoms with Gasteiger partial charge in [-0.05, 0) is 87.2 Å². The maximum absolute atomic E-state index is 11.2. The first-order chi connectivity index (χ1) is 16.8. The van der Waals surface area contributed by atoms with E-state index in [2.05, 4.69) is 21.9 Å². The standard InChI is InChI=1S/C28H39ClN2O4/c1-21-16-25(17-22(2)27(21)29)35-20-28(33)19-31(13-10-26(28)32)18-23-6-8-24(9-7-23)34-15-14-30-11-4-3-5-12-30/h6-9,16-17,26,32-33H,3-5,10-15,18-20H2,1-2H3/t26-,28-/m0/s1. The molecule has 0 spiro atoms. The van der Waals surface area contributed by atoms with Gasteiger partial charge in [0.25, 0.3) is 0 Å². The van der Waals surface area contributed by atoms with Gasteiger partial charge < -0.3 is 19.7 Å². The molecule has 35 heavy (non-hydrogen) atoms. The molecule has 2 aliphatic rings. The molecule has 2 aromatic carbocycles. The summed E-state index contributed by atoms with van der Waals surface area (Å²) in [5.41, 5.74) is 1.67. The van der Waals surface area contributed by atoms with Gasteiger partial charge >= 0.3 is 0 Å². The van der Waals surface area contributed by atoms with Crippen LogP contribution in [0.1, 0.15) is 42.4 Å². The number of β-amino-alcohol motifs (C(OH)–C–C–N with tert-alkyl or cyclic N) is 1. The Balaban J connectivity index is 1.27. The molecule has 0 bridgehead atoms. The Bertz CT molecular complexity index is 941. The van der Waals surface area contributed by atoms with Gasteiger partial charge in [0.15, 0.2) is 0 Å². The molecule has 4 rings (SSSR count). The van der Waals surface area contributed by atoms with E-state index in [0.717, 1.165) is 40.6 Å². The van der Waals surface area contributed by atoms with Gasteiger partial charge in [-0.15, -0.1) is 0 Å². The Morgan fingerprint density at radius 1 is 0.943 bits per heavy atom. The molecule has 2 fully saturated rings. The van der Waals surface area contributed by atoms with E-state index >= 15 is 0 Å². The lowest BCUT2D eigenvalue weighted by atomic mass is 9.90. The number of hydrogen-bond donors (Lipinski definition) is 2. The van der Waals surface area contributed by atoms with Gasteiger partial charge in [-0.2, -0.15) is 0 Å². The number of piperidine rings is 2. The number of likely N-dealkylation sites (tertiary alicyclic amines) is 2. The zero-order chi connectivity index (χ0) is 24.8. The summed E-state index contributed by atoms with van der Waals surface area (Å²) < 4.78 is 11.9. The molecule has 0 aromatic heterocycles. The molecule has 7 heteroatoms. The molecule has 0 radical (unpaired) electrons. The van der Waals surface area contributed by atoms with Crippen molar-refractivity contribution in [1.29, 1.82) is 0 Å². The van der Waals surface area contributed by atoms with E-state index in [1.165, 1.54) is 32.4 Å². The summed E-state index contributed by atoms with van der Waals surface area (Å²) in [5.74, 6) is 1.54. The maximum atomic E-state index is 11.2. The average Bonchev–Trinajstić information content (AvgIpc) is 2.85. The SMILES string of the molecule is Cc1cc(OC[C@@]2(O)CN(Cc3ccc(OCCN4CCCCC4)cc3)CC[C@@H]2O)cc(C)c1Cl. The van der Waals surface area contributed by atoms with Gasteiger partial charge in [-0.3, -0.25) is 9.80 Å². The first kappa shape index (κ1) is 26.2. The minimum Gasteiger partial charge on any atom is -0.492 e. The van der Waals surface area contributed by atoms with Crippen molar-refractivity contribution in [2.24, 2.45) is 0 Å². The minimum atomic E-state index is -1.34. The Morgan fingerprint density at radius 3 is 2.31 bits per heavy atom. The lowest BCUT2D eigenvalue weighted by molar-refractivity contribution is -0.140. The van der Waals surface area contributed by atoms with E-state index in [9.17, 15) is 10.2 Å². The molecule has 2 aromatic rings. The second-order valence-corrected chi connectivity index (χ2v) is 10.6. The molecule has 0 saturated carbocycles. The average molecular weight is 503 g/mol. The number of aliphatic hydroxyl groups excluding tert-OH is 1. The lowest BCUT2D eigenvalue weighted by Gasteiger charge is -2.42. The van der Waals surface area contributed by atoms with Gasteiger partial charge in [0.2, 0.25) is 0 Å². The Kier molecular flexibility index (Phi) is 8.95. The number of hydrogen-bond acceptors (Lipinski definition) is 6. The third-order valence-corrected chi connectivity index (χ3v) is 7.79. The predicted molar refractivity (Wildman–Crippen MR) is 139 cm³/mol. The second kappa shape index (κ2) is 11.9. The maximum Gasteiger partial charge on any atom is 0.137 e. The highest BCUT2D eigenvalue weighted by Gasteiger charge is 2.42. The van der Waals surface area contributed by atoms with Crippen molar-refractivity contribution in [2.45, 2.75) is 57.8 Å². The first-order valence-electron chi connectivity index (χ1n) is 12.8. The highest BCUT2D eigenvalue weighted by Crippen LogP contribution is 2.29. The fourth-order valence-electron chi connectivity index (χ4n) is 5.04. The van der Waals surface area contributed by atoms with E-state index in [4.69, 9.17) is 21.1 Å². The van der Waals surface area contributed by atoms with Crippen LogP contribution in [0.15, 0.2) is 36.4 Å². The topological polar surface area (TPSA) is 65.4 Å². The molecule has 2 atom stereocenters. The van der Waals surface area contributed by atoms with Crippen LogP contribution in [0.5, 0.6) is 11.5 Å². The molecule has 2 heterocycles. The minimum absolute atomic E-state index is 0.0228. The van der Waals surface area contributed by atoms with Gasteiger partial charge in [-0.25, -0.2) is 0 Å². The molecule has 0 amide bonds. The van der Waals surface area contributed by atoms with Crippen LogP contribution in [-0.4, -0.2) is 77.7 Å². The van der Waals surface area contributed by atoms with Crippen molar-refractivity contribution in [3.05, 3.63) is 58.1 Å². The summed E-state index contributed by atoms with van der Waals surface area (Å²) in [6.07, 6.45) is 3.61. The van der Waals surface area contributed by atoms with Crippen LogP contribution >= 0.6 is 11.6 Å². The summed E-state index contributed by atoms with van der Waals surface area (Å²) >= 11 is 6.25. The van der Waals surface area contributed by atoms with Gasteiger partial charge in [0, 0.05) is 31.2 Å². The van der Waals surface area contributed by atoms with Gasteiger partial charge in [0.1, 0.15) is 30.3 Å². The summed E-state index contributed by atoms with van der Waals surface area (Å²) in [6.45, 7) is 9.70. The lowest BCUT2D eigenvalue weighted by Crippen LogP contribution is -2.59. The summed E-state index contributed by atoms with van der Waals surface area (Å²) in [5, 5.41) is 22.5. The van der Waals surface area contributed by atoms with Crippen LogP contribution in [0, 0.1) is 13.8 Å². The van der Waals surface area contributed by atoms with Crippen LogP contribution in [0.2, 0.25) is 5.02 Å². The van der Waals surface area contributed by atoms with Crippen LogP contribution in [-0.2, 0) is 6.54 Å². The smallest absolute Gasteiger partial charge is 0.137 e.